The third kappa shape index (κ3) is 5.10. The number of hydrogen-bond donors (Lipinski definition) is 3. The summed E-state index contributed by atoms with van der Waals surface area (Å²) in [5.74, 6) is -0.989. The van der Waals surface area contributed by atoms with E-state index in [9.17, 15) is 33.9 Å². The van der Waals surface area contributed by atoms with Crippen molar-refractivity contribution in [3.05, 3.63) is 33.1 Å². The molecule has 0 fully saturated rings. The van der Waals surface area contributed by atoms with Crippen LogP contribution in [0, 0.1) is 0 Å². The Morgan fingerprint density at radius 3 is 2.42 bits per heavy atom. The molecule has 1 aliphatic rings. The summed E-state index contributed by atoms with van der Waals surface area (Å²) in [6, 6.07) is 0.131. The van der Waals surface area contributed by atoms with Gasteiger partial charge in [0, 0.05) is 48.2 Å². The van der Waals surface area contributed by atoms with Crippen LogP contribution in [0.25, 0.3) is 0 Å². The number of fused-ring (bicyclic) bond motifs is 2. The number of hydrogen-bond acceptors (Lipinski definition) is 7. The summed E-state index contributed by atoms with van der Waals surface area (Å²) >= 11 is 0. The zero-order chi connectivity index (χ0) is 19.4. The summed E-state index contributed by atoms with van der Waals surface area (Å²) in [7, 11) is -1.18. The molecule has 0 radical (unpaired) electrons. The molecule has 3 N–H and O–H groups in total. The average Bonchev–Trinajstić information content (AvgIpc) is 2.52. The van der Waals surface area contributed by atoms with Crippen LogP contribution in [0.1, 0.15) is 6.42 Å². The highest BCUT2D eigenvalue weighted by Crippen LogP contribution is 2.11. The van der Waals surface area contributed by atoms with Crippen LogP contribution < -0.4 is 11.2 Å². The lowest BCUT2D eigenvalue weighted by Gasteiger charge is -2.33. The second kappa shape index (κ2) is 8.71. The molecule has 0 spiro atoms. The lowest BCUT2D eigenvalue weighted by Crippen LogP contribution is -2.53. The van der Waals surface area contributed by atoms with E-state index in [1.54, 1.807) is 0 Å². The van der Waals surface area contributed by atoms with Crippen molar-refractivity contribution in [3.63, 3.8) is 0 Å². The number of β-amino-alcohol motifs (C(OH)–C–C–N with tert-alkyl or cyclic N) is 2. The summed E-state index contributed by atoms with van der Waals surface area (Å²) in [6.07, 6.45) is 0.547. The molecule has 4 unspecified atom stereocenters. The van der Waals surface area contributed by atoms with Gasteiger partial charge >= 0.3 is 11.7 Å². The molecular weight excluding hydrogens is 366 g/mol. The fourth-order valence-corrected chi connectivity index (χ4v) is 3.58. The Bertz CT molecular complexity index is 790. The van der Waals surface area contributed by atoms with Crippen molar-refractivity contribution in [1.82, 2.24) is 14.0 Å². The lowest BCUT2D eigenvalue weighted by atomic mass is 10.1. The number of aromatic nitrogens is 2. The molecule has 10 nitrogen and oxygen atoms in total. The van der Waals surface area contributed by atoms with Crippen molar-refractivity contribution in [1.29, 1.82) is 0 Å². The SMILES string of the molecule is CS(=O)CCC(C(=O)O)N1CC(O)Cn2ccc(=O)n(c2=O)CC(O)C1. The van der Waals surface area contributed by atoms with Crippen molar-refractivity contribution < 1.29 is 24.3 Å². The molecule has 2 bridgehead atoms. The molecule has 2 heterocycles. The Labute approximate surface area is 151 Å². The molecule has 146 valence electrons. The Morgan fingerprint density at radius 1 is 1.23 bits per heavy atom. The van der Waals surface area contributed by atoms with E-state index in [1.165, 1.54) is 23.4 Å². The highest BCUT2D eigenvalue weighted by Gasteiger charge is 2.30. The van der Waals surface area contributed by atoms with Gasteiger partial charge in [0.1, 0.15) is 6.04 Å². The van der Waals surface area contributed by atoms with Gasteiger partial charge in [-0.15, -0.1) is 0 Å². The number of aliphatic hydroxyl groups is 2. The molecule has 2 rings (SSSR count). The fraction of sp³-hybridized carbons (Fsp3) is 0.667. The van der Waals surface area contributed by atoms with Crippen molar-refractivity contribution >= 4 is 16.8 Å². The van der Waals surface area contributed by atoms with Crippen molar-refractivity contribution in [2.24, 2.45) is 0 Å². The molecule has 1 aromatic rings. The first-order valence-electron chi connectivity index (χ1n) is 8.12. The zero-order valence-corrected chi connectivity index (χ0v) is 15.2. The molecule has 0 amide bonds. The summed E-state index contributed by atoms with van der Waals surface area (Å²) in [4.78, 5) is 37.2. The Kier molecular flexibility index (Phi) is 6.87. The number of aliphatic carboxylic acids is 1. The highest BCUT2D eigenvalue weighted by atomic mass is 32.2. The maximum Gasteiger partial charge on any atom is 0.331 e. The predicted molar refractivity (Wildman–Crippen MR) is 93.5 cm³/mol. The van der Waals surface area contributed by atoms with Gasteiger partial charge in [0.15, 0.2) is 0 Å². The minimum Gasteiger partial charge on any atom is -0.480 e. The fourth-order valence-electron chi connectivity index (χ4n) is 3.03. The van der Waals surface area contributed by atoms with E-state index >= 15 is 0 Å². The number of carbonyl (C=O) groups is 1. The van der Waals surface area contributed by atoms with E-state index < -0.39 is 46.3 Å². The summed E-state index contributed by atoms with van der Waals surface area (Å²) in [6.45, 7) is -0.629. The average molecular weight is 389 g/mol. The van der Waals surface area contributed by atoms with Gasteiger partial charge in [0.2, 0.25) is 0 Å². The molecule has 1 aliphatic heterocycles. The third-order valence-corrected chi connectivity index (χ3v) is 5.05. The number of carboxylic acid groups (broad SMARTS) is 1. The Morgan fingerprint density at radius 2 is 1.85 bits per heavy atom. The monoisotopic (exact) mass is 389 g/mol. The van der Waals surface area contributed by atoms with Crippen molar-refractivity contribution in [2.75, 3.05) is 25.1 Å². The van der Waals surface area contributed by atoms with Crippen LogP contribution in [0.15, 0.2) is 21.9 Å². The highest BCUT2D eigenvalue weighted by molar-refractivity contribution is 7.84. The van der Waals surface area contributed by atoms with Crippen LogP contribution in [-0.4, -0.2) is 82.9 Å². The van der Waals surface area contributed by atoms with Gasteiger partial charge in [-0.3, -0.25) is 27.8 Å². The van der Waals surface area contributed by atoms with E-state index in [0.29, 0.717) is 0 Å². The number of nitrogens with zero attached hydrogens (tertiary/aromatic N) is 3. The molecule has 0 aliphatic carbocycles. The maximum atomic E-state index is 12.3. The van der Waals surface area contributed by atoms with Crippen LogP contribution in [0.5, 0.6) is 0 Å². The standard InChI is InChI=1S/C15H23N3O7S/c1-26(25)5-3-12(14(22)23)17-7-10(19)6-16-4-2-13(21)18(15(16)24)9-11(20)8-17/h2,4,10-12,19-20H,3,5-9H2,1H3,(H,22,23). The topological polar surface area (TPSA) is 142 Å². The van der Waals surface area contributed by atoms with Gasteiger partial charge in [-0.2, -0.15) is 0 Å². The van der Waals surface area contributed by atoms with Gasteiger partial charge in [-0.05, 0) is 6.42 Å². The van der Waals surface area contributed by atoms with Gasteiger partial charge in [0.05, 0.1) is 25.3 Å². The number of carboxylic acids is 1. The quantitative estimate of drug-likeness (QED) is 0.493. The molecular formula is C15H23N3O7S. The van der Waals surface area contributed by atoms with Crippen LogP contribution in [0.2, 0.25) is 0 Å². The Hall–Kier alpha value is -1.82. The first-order valence-corrected chi connectivity index (χ1v) is 9.85. The third-order valence-electron chi connectivity index (χ3n) is 4.24. The number of rotatable bonds is 5. The largest absolute Gasteiger partial charge is 0.480 e. The first kappa shape index (κ1) is 20.5. The van der Waals surface area contributed by atoms with E-state index in [-0.39, 0.29) is 38.4 Å². The summed E-state index contributed by atoms with van der Waals surface area (Å²) in [5, 5.41) is 30.1. The molecule has 4 atom stereocenters. The summed E-state index contributed by atoms with van der Waals surface area (Å²) in [5.41, 5.74) is -1.22. The molecule has 0 saturated heterocycles. The van der Waals surface area contributed by atoms with E-state index in [0.717, 1.165) is 9.13 Å². The second-order valence-corrected chi connectivity index (χ2v) is 7.94. The first-order chi connectivity index (χ1) is 12.2. The van der Waals surface area contributed by atoms with Crippen molar-refractivity contribution in [3.8, 4) is 0 Å². The summed E-state index contributed by atoms with van der Waals surface area (Å²) < 4.78 is 13.3. The van der Waals surface area contributed by atoms with Gasteiger partial charge < -0.3 is 15.3 Å². The van der Waals surface area contributed by atoms with Crippen molar-refractivity contribution in [2.45, 2.75) is 37.8 Å². The molecule has 26 heavy (non-hydrogen) atoms. The zero-order valence-electron chi connectivity index (χ0n) is 14.4. The minimum atomic E-state index is -1.18. The van der Waals surface area contributed by atoms with Gasteiger partial charge in [0.25, 0.3) is 5.56 Å². The molecule has 11 heteroatoms. The smallest absolute Gasteiger partial charge is 0.331 e. The second-order valence-electron chi connectivity index (χ2n) is 6.38. The number of aliphatic hydroxyl groups excluding tert-OH is 2. The van der Waals surface area contributed by atoms with Crippen LogP contribution in [0.3, 0.4) is 0 Å². The van der Waals surface area contributed by atoms with Gasteiger partial charge in [-0.25, -0.2) is 4.79 Å². The van der Waals surface area contributed by atoms with Crippen LogP contribution in [0.4, 0.5) is 0 Å². The molecule has 0 saturated carbocycles. The maximum absolute atomic E-state index is 12.3. The van der Waals surface area contributed by atoms with E-state index in [2.05, 4.69) is 0 Å². The normalized spacial score (nSPS) is 24.0. The lowest BCUT2D eigenvalue weighted by molar-refractivity contribution is -0.144. The van der Waals surface area contributed by atoms with E-state index in [4.69, 9.17) is 0 Å². The predicted octanol–water partition coefficient (Wildman–Crippen LogP) is -2.73. The molecule has 0 aromatic carbocycles. The van der Waals surface area contributed by atoms with E-state index in [1.807, 2.05) is 0 Å². The minimum absolute atomic E-state index is 0.0864. The van der Waals surface area contributed by atoms with Gasteiger partial charge in [-0.1, -0.05) is 0 Å². The Balaban J connectivity index is 2.32. The van der Waals surface area contributed by atoms with Crippen LogP contribution >= 0.6 is 0 Å². The van der Waals surface area contributed by atoms with Crippen LogP contribution in [-0.2, 0) is 28.7 Å². The molecule has 1 aromatic heterocycles.